The van der Waals surface area contributed by atoms with E-state index in [4.69, 9.17) is 0 Å². The Morgan fingerprint density at radius 1 is 1.38 bits per heavy atom. The highest BCUT2D eigenvalue weighted by molar-refractivity contribution is 4.92. The van der Waals surface area contributed by atoms with Crippen LogP contribution >= 0.6 is 0 Å². The summed E-state index contributed by atoms with van der Waals surface area (Å²) < 4.78 is 0. The molecule has 1 heterocycles. The molecule has 0 amide bonds. The van der Waals surface area contributed by atoms with Crippen molar-refractivity contribution in [3.05, 3.63) is 0 Å². The Morgan fingerprint density at radius 3 is 2.44 bits per heavy atom. The molecule has 1 fully saturated rings. The monoisotopic (exact) mass is 230 g/mol. The first-order valence-corrected chi connectivity index (χ1v) is 6.26. The predicted molar refractivity (Wildman–Crippen MR) is 65.4 cm³/mol. The summed E-state index contributed by atoms with van der Waals surface area (Å²) in [5.41, 5.74) is -0.500. The van der Waals surface area contributed by atoms with Crippen molar-refractivity contribution in [3.8, 4) is 0 Å². The second-order valence-corrected chi connectivity index (χ2v) is 5.15. The second kappa shape index (κ2) is 5.96. The molecule has 0 bridgehead atoms. The minimum atomic E-state index is -0.500. The minimum Gasteiger partial charge on any atom is -0.394 e. The molecule has 1 aliphatic heterocycles. The summed E-state index contributed by atoms with van der Waals surface area (Å²) in [5, 5.41) is 22.2. The average molecular weight is 230 g/mol. The highest BCUT2D eigenvalue weighted by atomic mass is 16.3. The van der Waals surface area contributed by atoms with Crippen molar-refractivity contribution < 1.29 is 10.2 Å². The molecule has 0 spiro atoms. The molecule has 0 aromatic carbocycles. The van der Waals surface area contributed by atoms with Crippen LogP contribution in [0.4, 0.5) is 0 Å². The lowest BCUT2D eigenvalue weighted by atomic mass is 9.92. The molecular weight excluding hydrogens is 204 g/mol. The second-order valence-electron chi connectivity index (χ2n) is 5.15. The maximum absolute atomic E-state index is 9.39. The third kappa shape index (κ3) is 3.17. The van der Waals surface area contributed by atoms with Crippen LogP contribution in [0.2, 0.25) is 0 Å². The summed E-state index contributed by atoms with van der Waals surface area (Å²) in [6.45, 7) is 5.30. The van der Waals surface area contributed by atoms with Gasteiger partial charge in [0.25, 0.3) is 0 Å². The van der Waals surface area contributed by atoms with Gasteiger partial charge in [-0.1, -0.05) is 6.92 Å². The van der Waals surface area contributed by atoms with E-state index in [-0.39, 0.29) is 13.2 Å². The van der Waals surface area contributed by atoms with Crippen LogP contribution < -0.4 is 5.32 Å². The van der Waals surface area contributed by atoms with Crippen LogP contribution in [0.15, 0.2) is 0 Å². The standard InChI is InChI=1S/C12H26N2O2/c1-4-12(8-15,9-16)13-11-5-6-14(3)10(2)7-11/h10-11,13,15-16H,4-9H2,1-3H3. The zero-order valence-corrected chi connectivity index (χ0v) is 10.7. The first-order chi connectivity index (χ1) is 7.56. The first-order valence-electron chi connectivity index (χ1n) is 6.26. The first kappa shape index (κ1) is 13.9. The Kier molecular flexibility index (Phi) is 5.18. The van der Waals surface area contributed by atoms with Crippen molar-refractivity contribution in [3.63, 3.8) is 0 Å². The van der Waals surface area contributed by atoms with E-state index < -0.39 is 5.54 Å². The van der Waals surface area contributed by atoms with Crippen molar-refractivity contribution in [2.75, 3.05) is 26.8 Å². The Labute approximate surface area is 98.6 Å². The summed E-state index contributed by atoms with van der Waals surface area (Å²) in [7, 11) is 2.14. The van der Waals surface area contributed by atoms with Crippen molar-refractivity contribution in [1.82, 2.24) is 10.2 Å². The highest BCUT2D eigenvalue weighted by Crippen LogP contribution is 2.19. The lowest BCUT2D eigenvalue weighted by molar-refractivity contribution is 0.0601. The van der Waals surface area contributed by atoms with Crippen LogP contribution in [0.25, 0.3) is 0 Å². The van der Waals surface area contributed by atoms with Gasteiger partial charge in [0.2, 0.25) is 0 Å². The fraction of sp³-hybridized carbons (Fsp3) is 1.00. The van der Waals surface area contributed by atoms with Gasteiger partial charge in [0, 0.05) is 12.1 Å². The maximum atomic E-state index is 9.39. The van der Waals surface area contributed by atoms with Crippen LogP contribution in [0.5, 0.6) is 0 Å². The molecule has 1 aliphatic rings. The van der Waals surface area contributed by atoms with Crippen LogP contribution in [0, 0.1) is 0 Å². The number of nitrogens with one attached hydrogen (secondary N) is 1. The Bertz CT molecular complexity index is 199. The van der Waals surface area contributed by atoms with Crippen LogP contribution in [-0.2, 0) is 0 Å². The lowest BCUT2D eigenvalue weighted by Crippen LogP contribution is -2.58. The van der Waals surface area contributed by atoms with E-state index in [2.05, 4.69) is 24.2 Å². The van der Waals surface area contributed by atoms with Crippen LogP contribution in [0.1, 0.15) is 33.1 Å². The zero-order chi connectivity index (χ0) is 12.2. The summed E-state index contributed by atoms with van der Waals surface area (Å²) in [6.07, 6.45) is 2.92. The number of aliphatic hydroxyl groups excluding tert-OH is 2. The normalized spacial score (nSPS) is 28.3. The number of nitrogens with zero attached hydrogens (tertiary/aromatic N) is 1. The Hall–Kier alpha value is -0.160. The van der Waals surface area contributed by atoms with Gasteiger partial charge >= 0.3 is 0 Å². The number of likely N-dealkylation sites (tertiary alicyclic amines) is 1. The molecule has 3 N–H and O–H groups in total. The van der Waals surface area contributed by atoms with Gasteiger partial charge < -0.3 is 20.4 Å². The molecule has 16 heavy (non-hydrogen) atoms. The topological polar surface area (TPSA) is 55.7 Å². The van der Waals surface area contributed by atoms with Gasteiger partial charge in [-0.05, 0) is 39.8 Å². The van der Waals surface area contributed by atoms with Gasteiger partial charge in [0.15, 0.2) is 0 Å². The maximum Gasteiger partial charge on any atom is 0.0647 e. The van der Waals surface area contributed by atoms with Crippen molar-refractivity contribution in [2.24, 2.45) is 0 Å². The van der Waals surface area contributed by atoms with Crippen LogP contribution in [-0.4, -0.2) is 59.5 Å². The van der Waals surface area contributed by atoms with Gasteiger partial charge in [-0.3, -0.25) is 0 Å². The molecule has 0 radical (unpaired) electrons. The molecule has 0 aromatic heterocycles. The fourth-order valence-electron chi connectivity index (χ4n) is 2.32. The van der Waals surface area contributed by atoms with E-state index in [1.807, 2.05) is 6.92 Å². The quantitative estimate of drug-likeness (QED) is 0.631. The molecule has 0 aliphatic carbocycles. The largest absolute Gasteiger partial charge is 0.394 e. The van der Waals surface area contributed by atoms with Gasteiger partial charge in [0.1, 0.15) is 0 Å². The van der Waals surface area contributed by atoms with E-state index >= 15 is 0 Å². The summed E-state index contributed by atoms with van der Waals surface area (Å²) in [6, 6.07) is 0.976. The van der Waals surface area contributed by atoms with E-state index in [1.54, 1.807) is 0 Å². The molecule has 0 saturated carbocycles. The molecule has 2 unspecified atom stereocenters. The number of aliphatic hydroxyl groups is 2. The minimum absolute atomic E-state index is 0.000715. The summed E-state index contributed by atoms with van der Waals surface area (Å²) >= 11 is 0. The molecule has 1 rings (SSSR count). The molecule has 4 heteroatoms. The number of hydrogen-bond acceptors (Lipinski definition) is 4. The van der Waals surface area contributed by atoms with Crippen molar-refractivity contribution >= 4 is 0 Å². The molecule has 2 atom stereocenters. The smallest absolute Gasteiger partial charge is 0.0647 e. The molecule has 0 aromatic rings. The number of piperidine rings is 1. The average Bonchev–Trinajstić information content (AvgIpc) is 2.31. The predicted octanol–water partition coefficient (Wildman–Crippen LogP) is 0.192. The molecular formula is C12H26N2O2. The summed E-state index contributed by atoms with van der Waals surface area (Å²) in [4.78, 5) is 2.35. The Balaban J connectivity index is 2.53. The number of rotatable bonds is 5. The molecule has 4 nitrogen and oxygen atoms in total. The third-order valence-corrected chi connectivity index (χ3v) is 4.00. The van der Waals surface area contributed by atoms with Crippen LogP contribution in [0.3, 0.4) is 0 Å². The van der Waals surface area contributed by atoms with Crippen molar-refractivity contribution in [1.29, 1.82) is 0 Å². The van der Waals surface area contributed by atoms with E-state index in [0.29, 0.717) is 12.1 Å². The van der Waals surface area contributed by atoms with Gasteiger partial charge in [-0.15, -0.1) is 0 Å². The van der Waals surface area contributed by atoms with E-state index in [9.17, 15) is 10.2 Å². The third-order valence-electron chi connectivity index (χ3n) is 4.00. The Morgan fingerprint density at radius 2 is 2.00 bits per heavy atom. The molecule has 96 valence electrons. The van der Waals surface area contributed by atoms with Gasteiger partial charge in [-0.25, -0.2) is 0 Å². The van der Waals surface area contributed by atoms with Crippen molar-refractivity contribution in [2.45, 2.75) is 50.7 Å². The van der Waals surface area contributed by atoms with E-state index in [1.165, 1.54) is 0 Å². The lowest BCUT2D eigenvalue weighted by Gasteiger charge is -2.41. The fourth-order valence-corrected chi connectivity index (χ4v) is 2.32. The molecule has 1 saturated heterocycles. The SMILES string of the molecule is CCC(CO)(CO)NC1CCN(C)C(C)C1. The summed E-state index contributed by atoms with van der Waals surface area (Å²) in [5.74, 6) is 0. The zero-order valence-electron chi connectivity index (χ0n) is 10.7. The highest BCUT2D eigenvalue weighted by Gasteiger charge is 2.32. The van der Waals surface area contributed by atoms with Gasteiger partial charge in [-0.2, -0.15) is 0 Å². The van der Waals surface area contributed by atoms with Gasteiger partial charge in [0.05, 0.1) is 18.8 Å². The number of hydrogen-bond donors (Lipinski definition) is 3. The van der Waals surface area contributed by atoms with E-state index in [0.717, 1.165) is 25.8 Å².